The summed E-state index contributed by atoms with van der Waals surface area (Å²) in [5.41, 5.74) is 1.53. The van der Waals surface area contributed by atoms with Crippen LogP contribution in [-0.2, 0) is 4.79 Å². The summed E-state index contributed by atoms with van der Waals surface area (Å²) >= 11 is 7.58. The molecular weight excluding hydrogens is 403 g/mol. The number of fused-ring (bicyclic) bond motifs is 3. The van der Waals surface area contributed by atoms with Crippen molar-refractivity contribution in [2.24, 2.45) is 0 Å². The van der Waals surface area contributed by atoms with Crippen molar-refractivity contribution in [2.45, 2.75) is 18.3 Å². The molecule has 28 heavy (non-hydrogen) atoms. The van der Waals surface area contributed by atoms with E-state index in [1.54, 1.807) is 30.5 Å². The fourth-order valence-electron chi connectivity index (χ4n) is 3.07. The number of amides is 1. The van der Waals surface area contributed by atoms with Gasteiger partial charge in [-0.15, -0.1) is 10.2 Å². The molecule has 0 spiro atoms. The molecule has 2 heterocycles. The van der Waals surface area contributed by atoms with Gasteiger partial charge in [-0.1, -0.05) is 47.6 Å². The molecule has 0 saturated heterocycles. The first kappa shape index (κ1) is 18.6. The third-order valence-electron chi connectivity index (χ3n) is 4.28. The quantitative estimate of drug-likeness (QED) is 0.573. The number of hydrogen-bond acceptors (Lipinski definition) is 6. The highest BCUT2D eigenvalue weighted by atomic mass is 35.5. The summed E-state index contributed by atoms with van der Waals surface area (Å²) in [5, 5.41) is 8.84. The normalized spacial score (nSPS) is 15.3. The molecule has 1 unspecified atom stereocenters. The third kappa shape index (κ3) is 3.08. The molecule has 1 aliphatic heterocycles. The number of hydrogen-bond donors (Lipinski definition) is 0. The summed E-state index contributed by atoms with van der Waals surface area (Å²) in [7, 11) is 0. The summed E-state index contributed by atoms with van der Waals surface area (Å²) in [6.07, 6.45) is 0.654. The van der Waals surface area contributed by atoms with Gasteiger partial charge in [0, 0.05) is 12.5 Å². The lowest BCUT2D eigenvalue weighted by Crippen LogP contribution is -2.36. The van der Waals surface area contributed by atoms with Crippen molar-refractivity contribution in [3.63, 3.8) is 0 Å². The maximum atomic E-state index is 14.7. The Hall–Kier alpha value is -2.71. The molecule has 0 saturated carbocycles. The number of anilines is 1. The minimum absolute atomic E-state index is 0.0475. The number of benzene rings is 2. The Labute approximate surface area is 169 Å². The lowest BCUT2D eigenvalue weighted by molar-refractivity contribution is -0.118. The van der Waals surface area contributed by atoms with E-state index in [0.29, 0.717) is 22.1 Å². The van der Waals surface area contributed by atoms with E-state index in [-0.39, 0.29) is 22.4 Å². The second-order valence-electron chi connectivity index (χ2n) is 5.96. The average molecular weight is 417 g/mol. The van der Waals surface area contributed by atoms with Crippen molar-refractivity contribution < 1.29 is 13.9 Å². The molecule has 0 radical (unpaired) electrons. The minimum atomic E-state index is -1.15. The monoisotopic (exact) mass is 416 g/mol. The molecule has 142 valence electrons. The van der Waals surface area contributed by atoms with Crippen LogP contribution in [0.2, 0.25) is 5.02 Å². The predicted octanol–water partition coefficient (Wildman–Crippen LogP) is 4.50. The molecule has 0 bridgehead atoms. The van der Waals surface area contributed by atoms with Gasteiger partial charge in [0.25, 0.3) is 0 Å². The van der Waals surface area contributed by atoms with Crippen LogP contribution < -0.4 is 9.64 Å². The van der Waals surface area contributed by atoms with Crippen LogP contribution >= 0.6 is 23.4 Å². The molecule has 1 amide bonds. The Morgan fingerprint density at radius 2 is 2.00 bits per heavy atom. The number of thioether (sulfide) groups is 1. The lowest BCUT2D eigenvalue weighted by Gasteiger charge is -2.30. The van der Waals surface area contributed by atoms with E-state index in [2.05, 4.69) is 15.2 Å². The summed E-state index contributed by atoms with van der Waals surface area (Å²) in [6.45, 7) is 1.38. The Morgan fingerprint density at radius 1 is 1.21 bits per heavy atom. The summed E-state index contributed by atoms with van der Waals surface area (Å²) in [5.74, 6) is -0.778. The van der Waals surface area contributed by atoms with Crippen molar-refractivity contribution in [1.29, 1.82) is 0 Å². The molecule has 1 atom stereocenters. The van der Waals surface area contributed by atoms with Gasteiger partial charge in [0.05, 0.1) is 16.3 Å². The van der Waals surface area contributed by atoms with Gasteiger partial charge in [0.1, 0.15) is 5.82 Å². The number of ether oxygens (including phenoxy) is 1. The summed E-state index contributed by atoms with van der Waals surface area (Å²) in [4.78, 5) is 18.3. The van der Waals surface area contributed by atoms with E-state index < -0.39 is 12.0 Å². The minimum Gasteiger partial charge on any atom is -0.447 e. The summed E-state index contributed by atoms with van der Waals surface area (Å²) < 4.78 is 20.8. The number of carbonyl (C=O) groups is 1. The van der Waals surface area contributed by atoms with E-state index in [1.807, 2.05) is 6.07 Å². The fraction of sp³-hybridized carbons (Fsp3) is 0.158. The largest absolute Gasteiger partial charge is 0.447 e. The number of aromatic nitrogens is 3. The van der Waals surface area contributed by atoms with Crippen LogP contribution in [0.5, 0.6) is 5.88 Å². The molecule has 1 aromatic heterocycles. The van der Waals surface area contributed by atoms with Crippen LogP contribution in [0.3, 0.4) is 0 Å². The van der Waals surface area contributed by atoms with Crippen LogP contribution in [0.15, 0.2) is 47.6 Å². The zero-order valence-electron chi connectivity index (χ0n) is 14.9. The predicted molar refractivity (Wildman–Crippen MR) is 105 cm³/mol. The van der Waals surface area contributed by atoms with Crippen molar-refractivity contribution in [2.75, 3.05) is 11.2 Å². The Morgan fingerprint density at radius 3 is 2.71 bits per heavy atom. The van der Waals surface area contributed by atoms with E-state index in [1.165, 1.54) is 35.7 Å². The number of nitrogens with zero attached hydrogens (tertiary/aromatic N) is 4. The van der Waals surface area contributed by atoms with Gasteiger partial charge in [0.2, 0.25) is 23.2 Å². The highest BCUT2D eigenvalue weighted by Crippen LogP contribution is 2.44. The average Bonchev–Trinajstić information content (AvgIpc) is 2.81. The van der Waals surface area contributed by atoms with Crippen LogP contribution in [0.4, 0.5) is 10.1 Å². The maximum Gasteiger partial charge on any atom is 0.247 e. The van der Waals surface area contributed by atoms with Crippen molar-refractivity contribution in [3.05, 3.63) is 58.9 Å². The van der Waals surface area contributed by atoms with Crippen molar-refractivity contribution in [1.82, 2.24) is 15.2 Å². The van der Waals surface area contributed by atoms with E-state index in [0.717, 1.165) is 0 Å². The van der Waals surface area contributed by atoms with E-state index in [9.17, 15) is 9.18 Å². The SMILES string of the molecule is CSc1nnc2c(n1)OC(c1c(F)cccc1Cl)N(C(C)=O)c1ccccc1-2. The summed E-state index contributed by atoms with van der Waals surface area (Å²) in [6, 6.07) is 11.4. The van der Waals surface area contributed by atoms with Gasteiger partial charge in [-0.3, -0.25) is 9.69 Å². The standard InChI is InChI=1S/C19H14ClFN4O2S/c1-10(26)25-14-9-4-3-6-11(14)16-17(22-19(28-2)24-23-16)27-18(25)15-12(20)7-5-8-13(15)21/h3-9,18H,1-2H3. The number of carbonyl (C=O) groups excluding carboxylic acids is 1. The second kappa shape index (κ2) is 7.37. The van der Waals surface area contributed by atoms with E-state index >= 15 is 0 Å². The molecule has 4 rings (SSSR count). The number of halogens is 2. The maximum absolute atomic E-state index is 14.7. The Kier molecular flexibility index (Phi) is 4.91. The lowest BCUT2D eigenvalue weighted by atomic mass is 10.1. The smallest absolute Gasteiger partial charge is 0.247 e. The Bertz CT molecular complexity index is 1060. The fourth-order valence-corrected chi connectivity index (χ4v) is 3.63. The van der Waals surface area contributed by atoms with Gasteiger partial charge in [-0.05, 0) is 24.5 Å². The molecule has 9 heteroatoms. The first-order chi connectivity index (χ1) is 13.5. The van der Waals surface area contributed by atoms with Crippen molar-refractivity contribution in [3.8, 4) is 17.1 Å². The molecule has 0 N–H and O–H groups in total. The van der Waals surface area contributed by atoms with Gasteiger partial charge in [-0.2, -0.15) is 4.98 Å². The third-order valence-corrected chi connectivity index (χ3v) is 5.15. The van der Waals surface area contributed by atoms with E-state index in [4.69, 9.17) is 16.3 Å². The van der Waals surface area contributed by atoms with Crippen LogP contribution in [0.25, 0.3) is 11.3 Å². The first-order valence-corrected chi connectivity index (χ1v) is 9.90. The van der Waals surface area contributed by atoms with Crippen molar-refractivity contribution >= 4 is 35.0 Å². The van der Waals surface area contributed by atoms with Gasteiger partial charge >= 0.3 is 0 Å². The zero-order chi connectivity index (χ0) is 19.8. The van der Waals surface area contributed by atoms with Crippen LogP contribution in [0, 0.1) is 5.82 Å². The molecule has 0 fully saturated rings. The highest BCUT2D eigenvalue weighted by Gasteiger charge is 2.36. The molecule has 1 aliphatic rings. The van der Waals surface area contributed by atoms with Gasteiger partial charge < -0.3 is 4.74 Å². The highest BCUT2D eigenvalue weighted by molar-refractivity contribution is 7.98. The number of rotatable bonds is 2. The zero-order valence-corrected chi connectivity index (χ0v) is 16.5. The molecule has 6 nitrogen and oxygen atoms in total. The second-order valence-corrected chi connectivity index (χ2v) is 7.14. The number of para-hydroxylation sites is 1. The van der Waals surface area contributed by atoms with Crippen LogP contribution in [0.1, 0.15) is 18.7 Å². The molecule has 3 aromatic rings. The van der Waals surface area contributed by atoms with Crippen LogP contribution in [-0.4, -0.2) is 27.3 Å². The van der Waals surface area contributed by atoms with Gasteiger partial charge in [-0.25, -0.2) is 4.39 Å². The molecule has 0 aliphatic carbocycles. The van der Waals surface area contributed by atoms with Gasteiger partial charge in [0.15, 0.2) is 5.69 Å². The molecular formula is C19H14ClFN4O2S. The molecule has 2 aromatic carbocycles. The Balaban J connectivity index is 2.03. The topological polar surface area (TPSA) is 68.2 Å². The first-order valence-electron chi connectivity index (χ1n) is 8.29.